The number of aryl methyl sites for hydroxylation is 1. The van der Waals surface area contributed by atoms with Crippen LogP contribution < -0.4 is 11.5 Å². The van der Waals surface area contributed by atoms with Gasteiger partial charge in [-0.15, -0.1) is 11.3 Å². The lowest BCUT2D eigenvalue weighted by Gasteiger charge is -2.06. The Hall–Kier alpha value is -2.41. The molecular weight excluding hydrogens is 295 g/mol. The maximum absolute atomic E-state index is 13.6. The van der Waals surface area contributed by atoms with Crippen LogP contribution >= 0.6 is 11.3 Å². The van der Waals surface area contributed by atoms with Gasteiger partial charge < -0.3 is 16.2 Å². The molecule has 0 saturated carbocycles. The van der Waals surface area contributed by atoms with E-state index in [9.17, 15) is 14.0 Å². The number of esters is 1. The third-order valence-corrected chi connectivity index (χ3v) is 3.89. The molecule has 0 saturated heterocycles. The van der Waals surface area contributed by atoms with Gasteiger partial charge in [0.05, 0.1) is 0 Å². The van der Waals surface area contributed by atoms with Crippen molar-refractivity contribution in [2.75, 3.05) is 5.73 Å². The number of hydrogen-bond acceptors (Lipinski definition) is 5. The van der Waals surface area contributed by atoms with Crippen molar-refractivity contribution in [1.82, 2.24) is 0 Å². The van der Waals surface area contributed by atoms with E-state index < -0.39 is 17.7 Å². The summed E-state index contributed by atoms with van der Waals surface area (Å²) >= 11 is 1.20. The average Bonchev–Trinajstić information content (AvgIpc) is 2.77. The van der Waals surface area contributed by atoms with Crippen LogP contribution in [0.25, 0.3) is 0 Å². The van der Waals surface area contributed by atoms with E-state index in [4.69, 9.17) is 16.2 Å². The fourth-order valence-electron chi connectivity index (χ4n) is 1.65. The lowest BCUT2D eigenvalue weighted by Crippen LogP contribution is -2.12. The summed E-state index contributed by atoms with van der Waals surface area (Å²) in [6, 6.07) is 5.15. The lowest BCUT2D eigenvalue weighted by atomic mass is 10.1. The predicted molar refractivity (Wildman–Crippen MR) is 77.5 cm³/mol. The van der Waals surface area contributed by atoms with Gasteiger partial charge in [0.15, 0.2) is 0 Å². The van der Waals surface area contributed by atoms with Gasteiger partial charge >= 0.3 is 5.97 Å². The van der Waals surface area contributed by atoms with Crippen molar-refractivity contribution in [2.45, 2.75) is 13.5 Å². The number of ether oxygens (including phenoxy) is 1. The molecular formula is C14H13FN2O3S. The van der Waals surface area contributed by atoms with E-state index in [1.807, 2.05) is 0 Å². The first-order valence-corrected chi connectivity index (χ1v) is 6.81. The monoisotopic (exact) mass is 308 g/mol. The second-order valence-corrected chi connectivity index (χ2v) is 5.63. The first-order valence-electron chi connectivity index (χ1n) is 5.99. The van der Waals surface area contributed by atoms with E-state index in [1.54, 1.807) is 6.92 Å². The minimum Gasteiger partial charge on any atom is -0.457 e. The molecule has 1 heterocycles. The first-order chi connectivity index (χ1) is 9.88. The first kappa shape index (κ1) is 15.0. The fraction of sp³-hybridized carbons (Fsp3) is 0.143. The van der Waals surface area contributed by atoms with Crippen LogP contribution in [-0.4, -0.2) is 11.9 Å². The molecule has 0 fully saturated rings. The van der Waals surface area contributed by atoms with Crippen molar-refractivity contribution in [3.63, 3.8) is 0 Å². The number of primary amides is 1. The summed E-state index contributed by atoms with van der Waals surface area (Å²) in [4.78, 5) is 24.0. The molecule has 1 amide bonds. The smallest absolute Gasteiger partial charge is 0.348 e. The van der Waals surface area contributed by atoms with Crippen molar-refractivity contribution >= 4 is 28.9 Å². The van der Waals surface area contributed by atoms with Gasteiger partial charge in [-0.05, 0) is 31.2 Å². The van der Waals surface area contributed by atoms with E-state index >= 15 is 0 Å². The van der Waals surface area contributed by atoms with Crippen LogP contribution in [-0.2, 0) is 11.3 Å². The molecule has 4 N–H and O–H groups in total. The summed E-state index contributed by atoms with van der Waals surface area (Å²) in [6.45, 7) is 1.50. The molecule has 5 nitrogen and oxygen atoms in total. The molecule has 0 aliphatic rings. The number of carbonyl (C=O) groups is 2. The van der Waals surface area contributed by atoms with Gasteiger partial charge in [0.1, 0.15) is 17.3 Å². The Balaban J connectivity index is 2.10. The van der Waals surface area contributed by atoms with Crippen molar-refractivity contribution in [3.8, 4) is 0 Å². The van der Waals surface area contributed by atoms with Gasteiger partial charge in [-0.3, -0.25) is 4.79 Å². The largest absolute Gasteiger partial charge is 0.457 e. The second kappa shape index (κ2) is 5.92. The highest BCUT2D eigenvalue weighted by Gasteiger charge is 2.14. The summed E-state index contributed by atoms with van der Waals surface area (Å²) in [5.74, 6) is -1.84. The quantitative estimate of drug-likeness (QED) is 0.847. The zero-order valence-electron chi connectivity index (χ0n) is 11.2. The number of nitrogens with two attached hydrogens (primary N) is 2. The third-order valence-electron chi connectivity index (χ3n) is 2.85. The predicted octanol–water partition coefficient (Wildman–Crippen LogP) is 2.23. The van der Waals surface area contributed by atoms with E-state index in [0.29, 0.717) is 10.6 Å². The number of hydrogen-bond donors (Lipinski definition) is 2. The number of amides is 1. The molecule has 1 aromatic carbocycles. The van der Waals surface area contributed by atoms with E-state index in [2.05, 4.69) is 0 Å². The summed E-state index contributed by atoms with van der Waals surface area (Å²) in [6.07, 6.45) is 0. The molecule has 0 spiro atoms. The molecule has 0 aliphatic heterocycles. The fourth-order valence-corrected chi connectivity index (χ4v) is 2.48. The maximum atomic E-state index is 13.6. The number of thiophene rings is 1. The van der Waals surface area contributed by atoms with Gasteiger partial charge in [-0.2, -0.15) is 0 Å². The number of nitrogen functional groups attached to an aromatic ring is 1. The van der Waals surface area contributed by atoms with Crippen LogP contribution in [0.4, 0.5) is 10.1 Å². The molecule has 2 rings (SSSR count). The van der Waals surface area contributed by atoms with E-state index in [-0.39, 0.29) is 17.7 Å². The standard InChI is InChI=1S/C14H13FN2O3S/c1-7-11(16)5-12(21-7)14(19)20-6-9-4-8(13(17)18)2-3-10(9)15/h2-5H,6,16H2,1H3,(H2,17,18). The Morgan fingerprint density at radius 2 is 2.05 bits per heavy atom. The van der Waals surface area contributed by atoms with Crippen molar-refractivity contribution in [2.24, 2.45) is 5.73 Å². The molecule has 7 heteroatoms. The molecule has 1 aromatic heterocycles. The highest BCUT2D eigenvalue weighted by Crippen LogP contribution is 2.24. The Morgan fingerprint density at radius 1 is 1.33 bits per heavy atom. The number of rotatable bonds is 4. The molecule has 0 atom stereocenters. The molecule has 2 aromatic rings. The van der Waals surface area contributed by atoms with Gasteiger partial charge in [0.25, 0.3) is 0 Å². The van der Waals surface area contributed by atoms with Crippen molar-refractivity contribution in [1.29, 1.82) is 0 Å². The lowest BCUT2D eigenvalue weighted by molar-refractivity contribution is 0.0475. The minimum atomic E-state index is -0.677. The summed E-state index contributed by atoms with van der Waals surface area (Å²) in [7, 11) is 0. The third kappa shape index (κ3) is 3.38. The van der Waals surface area contributed by atoms with Crippen LogP contribution in [0.15, 0.2) is 24.3 Å². The minimum absolute atomic E-state index is 0.0842. The molecule has 0 bridgehead atoms. The molecule has 110 valence electrons. The molecule has 0 radical (unpaired) electrons. The van der Waals surface area contributed by atoms with Gasteiger partial charge in [-0.1, -0.05) is 0 Å². The normalized spacial score (nSPS) is 10.4. The van der Waals surface area contributed by atoms with Crippen LogP contribution in [0.2, 0.25) is 0 Å². The highest BCUT2D eigenvalue weighted by atomic mass is 32.1. The SMILES string of the molecule is Cc1sc(C(=O)OCc2cc(C(N)=O)ccc2F)cc1N. The van der Waals surface area contributed by atoms with Crippen molar-refractivity contribution in [3.05, 3.63) is 51.0 Å². The second-order valence-electron chi connectivity index (χ2n) is 4.37. The van der Waals surface area contributed by atoms with Crippen LogP contribution in [0, 0.1) is 12.7 Å². The summed E-state index contributed by atoms with van der Waals surface area (Å²) in [5, 5.41) is 0. The van der Waals surface area contributed by atoms with Crippen LogP contribution in [0.1, 0.15) is 30.5 Å². The van der Waals surface area contributed by atoms with Gasteiger partial charge in [0.2, 0.25) is 5.91 Å². The molecule has 0 unspecified atom stereocenters. The summed E-state index contributed by atoms with van der Waals surface area (Å²) < 4.78 is 18.6. The number of anilines is 1. The summed E-state index contributed by atoms with van der Waals surface area (Å²) in [5.41, 5.74) is 11.5. The topological polar surface area (TPSA) is 95.4 Å². The number of benzene rings is 1. The number of carbonyl (C=O) groups excluding carboxylic acids is 2. The Kier molecular flexibility index (Phi) is 4.23. The average molecular weight is 308 g/mol. The Bertz CT molecular complexity index is 693. The van der Waals surface area contributed by atoms with E-state index in [0.717, 1.165) is 10.9 Å². The Morgan fingerprint density at radius 3 is 2.62 bits per heavy atom. The van der Waals surface area contributed by atoms with E-state index in [1.165, 1.54) is 29.5 Å². The van der Waals surface area contributed by atoms with Gasteiger partial charge in [-0.25, -0.2) is 9.18 Å². The number of halogens is 1. The van der Waals surface area contributed by atoms with Gasteiger partial charge in [0, 0.05) is 21.7 Å². The zero-order chi connectivity index (χ0) is 15.6. The molecule has 21 heavy (non-hydrogen) atoms. The Labute approximate surface area is 124 Å². The zero-order valence-corrected chi connectivity index (χ0v) is 12.0. The van der Waals surface area contributed by atoms with Crippen molar-refractivity contribution < 1.29 is 18.7 Å². The van der Waals surface area contributed by atoms with Crippen LogP contribution in [0.5, 0.6) is 0 Å². The highest BCUT2D eigenvalue weighted by molar-refractivity contribution is 7.14. The molecule has 0 aliphatic carbocycles. The van der Waals surface area contributed by atoms with Crippen LogP contribution in [0.3, 0.4) is 0 Å². The maximum Gasteiger partial charge on any atom is 0.348 e.